The van der Waals surface area contributed by atoms with Crippen molar-refractivity contribution in [3.63, 3.8) is 0 Å². The molecule has 0 unspecified atom stereocenters. The topological polar surface area (TPSA) is 74.6 Å². The fraction of sp³-hybridized carbons (Fsp3) is 0.905. The number of carbonyl (C=O) groups is 2. The van der Waals surface area contributed by atoms with Crippen LogP contribution in [0.1, 0.15) is 58.8 Å². The highest BCUT2D eigenvalue weighted by atomic mass is 19.1. The van der Waals surface area contributed by atoms with Crippen molar-refractivity contribution >= 4 is 11.6 Å². The quantitative estimate of drug-likeness (QED) is 0.788. The summed E-state index contributed by atoms with van der Waals surface area (Å²) in [6, 6.07) is 0. The number of hydrogen-bond donors (Lipinski definition) is 2. The molecule has 26 heavy (non-hydrogen) atoms. The lowest BCUT2D eigenvalue weighted by molar-refractivity contribution is -0.172. The first kappa shape index (κ1) is 18.5. The lowest BCUT2D eigenvalue weighted by Crippen LogP contribution is -2.60. The number of aliphatic hydroxyl groups is 2. The van der Waals surface area contributed by atoms with Gasteiger partial charge in [0.2, 0.25) is 0 Å². The molecule has 0 aromatic heterocycles. The molecule has 0 aromatic carbocycles. The second-order valence-electron chi connectivity index (χ2n) is 9.94. The number of halogens is 1. The van der Waals surface area contributed by atoms with Crippen molar-refractivity contribution in [1.82, 2.24) is 0 Å². The van der Waals surface area contributed by atoms with Gasteiger partial charge >= 0.3 is 0 Å². The maximum atomic E-state index is 15.2. The van der Waals surface area contributed by atoms with Gasteiger partial charge in [0, 0.05) is 18.3 Å². The first-order valence-corrected chi connectivity index (χ1v) is 10.2. The van der Waals surface area contributed by atoms with Gasteiger partial charge in [-0.3, -0.25) is 9.59 Å². The van der Waals surface area contributed by atoms with Gasteiger partial charge in [-0.05, 0) is 67.1 Å². The Hall–Kier alpha value is -0.810. The lowest BCUT2D eigenvalue weighted by atomic mass is 9.44. The van der Waals surface area contributed by atoms with Gasteiger partial charge in [-0.1, -0.05) is 13.8 Å². The zero-order valence-corrected chi connectivity index (χ0v) is 15.8. The highest BCUT2D eigenvalue weighted by Gasteiger charge is 2.65. The van der Waals surface area contributed by atoms with Gasteiger partial charge in [0.15, 0.2) is 5.78 Å². The number of carbonyl (C=O) groups excluding carboxylic acids is 2. The maximum Gasteiger partial charge on any atom is 0.161 e. The van der Waals surface area contributed by atoms with E-state index in [-0.39, 0.29) is 46.6 Å². The standard InChI is InChI=1S/C21H31FO4/c1-20-6-5-11(24)7-15(20)16(22)8-12-13-3-4-14(18(26)10-23)21(13,2)9-17(25)19(12)20/h11-16,19,23-24H,3-10H2,1-2H3/t11-,12+,13+,14-,15+,16+,19-,20+,21+/m1/s1. The molecular weight excluding hydrogens is 335 g/mol. The van der Waals surface area contributed by atoms with E-state index in [0.29, 0.717) is 38.5 Å². The van der Waals surface area contributed by atoms with Crippen LogP contribution < -0.4 is 0 Å². The van der Waals surface area contributed by atoms with Crippen molar-refractivity contribution in [3.8, 4) is 0 Å². The van der Waals surface area contributed by atoms with Crippen LogP contribution in [0.3, 0.4) is 0 Å². The van der Waals surface area contributed by atoms with Crippen molar-refractivity contribution in [2.24, 2.45) is 40.4 Å². The van der Waals surface area contributed by atoms with Crippen LogP contribution >= 0.6 is 0 Å². The average Bonchev–Trinajstić information content (AvgIpc) is 2.92. The Balaban J connectivity index is 1.70. The van der Waals surface area contributed by atoms with Gasteiger partial charge in [0.1, 0.15) is 18.6 Å². The van der Waals surface area contributed by atoms with Gasteiger partial charge in [-0.25, -0.2) is 4.39 Å². The second kappa shape index (κ2) is 6.10. The fourth-order valence-electron chi connectivity index (χ4n) is 7.69. The van der Waals surface area contributed by atoms with Crippen molar-refractivity contribution in [2.45, 2.75) is 71.1 Å². The average molecular weight is 366 g/mol. The summed E-state index contributed by atoms with van der Waals surface area (Å²) in [5.74, 6) is -0.483. The van der Waals surface area contributed by atoms with E-state index < -0.39 is 24.3 Å². The summed E-state index contributed by atoms with van der Waals surface area (Å²) in [5, 5.41) is 19.4. The van der Waals surface area contributed by atoms with Gasteiger partial charge < -0.3 is 10.2 Å². The van der Waals surface area contributed by atoms with Crippen LogP contribution in [0, 0.1) is 40.4 Å². The molecule has 4 fully saturated rings. The zero-order valence-electron chi connectivity index (χ0n) is 15.8. The second-order valence-corrected chi connectivity index (χ2v) is 9.94. The predicted molar refractivity (Wildman–Crippen MR) is 94.0 cm³/mol. The smallest absolute Gasteiger partial charge is 0.161 e. The lowest BCUT2D eigenvalue weighted by Gasteiger charge is -2.60. The zero-order chi connectivity index (χ0) is 18.9. The van der Waals surface area contributed by atoms with E-state index in [4.69, 9.17) is 0 Å². The largest absolute Gasteiger partial charge is 0.393 e. The van der Waals surface area contributed by atoms with E-state index >= 15 is 4.39 Å². The van der Waals surface area contributed by atoms with Crippen LogP contribution in [-0.2, 0) is 9.59 Å². The molecule has 4 aliphatic carbocycles. The van der Waals surface area contributed by atoms with Crippen LogP contribution in [0.2, 0.25) is 0 Å². The normalized spacial score (nSPS) is 53.6. The summed E-state index contributed by atoms with van der Waals surface area (Å²) >= 11 is 0. The number of alkyl halides is 1. The SMILES string of the molecule is C[C@]12CC[C@@H](O)C[C@H]1[C@@H](F)C[C@H]1[C@@H]3CC[C@H](C(=O)CO)[C@@]3(C)CC(=O)[C@@H]12. The Kier molecular flexibility index (Phi) is 4.35. The third-order valence-corrected chi connectivity index (χ3v) is 8.83. The van der Waals surface area contributed by atoms with E-state index in [0.717, 1.165) is 6.42 Å². The van der Waals surface area contributed by atoms with E-state index in [9.17, 15) is 19.8 Å². The molecule has 0 bridgehead atoms. The van der Waals surface area contributed by atoms with E-state index in [1.807, 2.05) is 6.92 Å². The number of Topliss-reactive ketones (excluding diaryl/α,β-unsaturated/α-hetero) is 2. The fourth-order valence-corrected chi connectivity index (χ4v) is 7.69. The Labute approximate surface area is 154 Å². The number of rotatable bonds is 2. The molecule has 5 heteroatoms. The number of fused-ring (bicyclic) bond motifs is 5. The monoisotopic (exact) mass is 366 g/mol. The Morgan fingerprint density at radius 2 is 1.88 bits per heavy atom. The molecule has 4 rings (SSSR count). The molecule has 0 aliphatic heterocycles. The van der Waals surface area contributed by atoms with Crippen molar-refractivity contribution in [3.05, 3.63) is 0 Å². The van der Waals surface area contributed by atoms with Crippen LogP contribution in [0.25, 0.3) is 0 Å². The van der Waals surface area contributed by atoms with E-state index in [1.165, 1.54) is 0 Å². The maximum absolute atomic E-state index is 15.2. The molecule has 0 aromatic rings. The number of ketones is 2. The molecular formula is C21H31FO4. The molecule has 0 spiro atoms. The first-order valence-electron chi connectivity index (χ1n) is 10.2. The van der Waals surface area contributed by atoms with Crippen LogP contribution in [0.15, 0.2) is 0 Å². The van der Waals surface area contributed by atoms with Crippen molar-refractivity contribution in [2.75, 3.05) is 6.61 Å². The summed E-state index contributed by atoms with van der Waals surface area (Å²) in [7, 11) is 0. The van der Waals surface area contributed by atoms with Gasteiger partial charge in [0.05, 0.1) is 6.10 Å². The molecule has 0 amide bonds. The Morgan fingerprint density at radius 3 is 2.58 bits per heavy atom. The van der Waals surface area contributed by atoms with Crippen molar-refractivity contribution < 1.29 is 24.2 Å². The molecule has 0 heterocycles. The minimum atomic E-state index is -0.987. The third kappa shape index (κ3) is 2.39. The van der Waals surface area contributed by atoms with Gasteiger partial charge in [-0.2, -0.15) is 0 Å². The van der Waals surface area contributed by atoms with Crippen LogP contribution in [0.4, 0.5) is 4.39 Å². The van der Waals surface area contributed by atoms with Crippen molar-refractivity contribution in [1.29, 1.82) is 0 Å². The highest BCUT2D eigenvalue weighted by molar-refractivity contribution is 5.88. The molecule has 9 atom stereocenters. The summed E-state index contributed by atoms with van der Waals surface area (Å²) in [6.45, 7) is 3.61. The van der Waals surface area contributed by atoms with Gasteiger partial charge in [0.25, 0.3) is 0 Å². The summed E-state index contributed by atoms with van der Waals surface area (Å²) in [5.41, 5.74) is -0.811. The molecule has 0 radical (unpaired) electrons. The summed E-state index contributed by atoms with van der Waals surface area (Å²) < 4.78 is 15.2. The molecule has 2 N–H and O–H groups in total. The Bertz CT molecular complexity index is 621. The minimum absolute atomic E-state index is 0.00997. The van der Waals surface area contributed by atoms with Gasteiger partial charge in [-0.15, -0.1) is 0 Å². The summed E-state index contributed by atoms with van der Waals surface area (Å²) in [6.07, 6.45) is 2.66. The summed E-state index contributed by atoms with van der Waals surface area (Å²) in [4.78, 5) is 25.6. The molecule has 146 valence electrons. The highest BCUT2D eigenvalue weighted by Crippen LogP contribution is 2.66. The minimum Gasteiger partial charge on any atom is -0.393 e. The van der Waals surface area contributed by atoms with Crippen LogP contribution in [0.5, 0.6) is 0 Å². The van der Waals surface area contributed by atoms with E-state index in [1.54, 1.807) is 0 Å². The van der Waals surface area contributed by atoms with E-state index in [2.05, 4.69) is 6.92 Å². The first-order chi connectivity index (χ1) is 12.2. The Morgan fingerprint density at radius 1 is 1.15 bits per heavy atom. The molecule has 4 saturated carbocycles. The number of hydrogen-bond acceptors (Lipinski definition) is 4. The molecule has 4 nitrogen and oxygen atoms in total. The third-order valence-electron chi connectivity index (χ3n) is 8.83. The molecule has 0 saturated heterocycles. The number of aliphatic hydroxyl groups excluding tert-OH is 2. The predicted octanol–water partition coefficient (Wildman–Crippen LogP) is 2.69. The van der Waals surface area contributed by atoms with Crippen LogP contribution in [-0.4, -0.2) is 40.7 Å². The molecule has 4 aliphatic rings.